The number of hydrogen-bond acceptors (Lipinski definition) is 0. The Labute approximate surface area is 76.7 Å². The van der Waals surface area contributed by atoms with Crippen molar-refractivity contribution in [1.29, 1.82) is 0 Å². The maximum atomic E-state index is 4.18. The smallest absolute Gasteiger partial charge is 0.110 e. The van der Waals surface area contributed by atoms with Gasteiger partial charge >= 0.3 is 0 Å². The van der Waals surface area contributed by atoms with Gasteiger partial charge in [-0.15, -0.1) is 0 Å². The quantitative estimate of drug-likeness (QED) is 0.439. The average Bonchev–Trinajstić information content (AvgIpc) is 2.31. The first-order valence-electron chi connectivity index (χ1n) is 4.97. The van der Waals surface area contributed by atoms with Gasteiger partial charge < -0.3 is 4.48 Å². The van der Waals surface area contributed by atoms with Crippen LogP contribution in [-0.2, 0) is 0 Å². The van der Waals surface area contributed by atoms with Gasteiger partial charge in [-0.25, -0.2) is 0 Å². The maximum absolute atomic E-state index is 4.18. The molecule has 0 saturated heterocycles. The highest BCUT2D eigenvalue weighted by Gasteiger charge is 2.35. The molecule has 2 unspecified atom stereocenters. The number of hydrogen-bond donors (Lipinski definition) is 0. The Morgan fingerprint density at radius 2 is 2.08 bits per heavy atom. The topological polar surface area (TPSA) is 0 Å². The minimum Gasteiger partial charge on any atom is -0.323 e. The average molecular weight is 168 g/mol. The third-order valence-corrected chi connectivity index (χ3v) is 3.37. The molecule has 1 nitrogen and oxygen atoms in total. The molecule has 1 aliphatic rings. The largest absolute Gasteiger partial charge is 0.323 e. The predicted octanol–water partition coefficient (Wildman–Crippen LogP) is 2.44. The van der Waals surface area contributed by atoms with Crippen LogP contribution in [0.1, 0.15) is 26.7 Å². The second-order valence-corrected chi connectivity index (χ2v) is 4.81. The summed E-state index contributed by atoms with van der Waals surface area (Å²) in [6.45, 7) is 9.98. The van der Waals surface area contributed by atoms with E-state index < -0.39 is 0 Å². The molecule has 0 amide bonds. The van der Waals surface area contributed by atoms with E-state index in [1.54, 1.807) is 0 Å². The van der Waals surface area contributed by atoms with Crippen LogP contribution in [-0.4, -0.2) is 31.2 Å². The summed E-state index contributed by atoms with van der Waals surface area (Å²) in [5.41, 5.74) is 1.47. The van der Waals surface area contributed by atoms with E-state index in [9.17, 15) is 0 Å². The van der Waals surface area contributed by atoms with Crippen LogP contribution in [0.5, 0.6) is 0 Å². The van der Waals surface area contributed by atoms with E-state index in [1.165, 1.54) is 25.0 Å². The zero-order chi connectivity index (χ0) is 9.35. The molecule has 12 heavy (non-hydrogen) atoms. The zero-order valence-electron chi connectivity index (χ0n) is 8.93. The highest BCUT2D eigenvalue weighted by Crippen LogP contribution is 2.34. The SMILES string of the molecule is C=C1CC(C)CC1[N+](C)(C)CC. The number of rotatable bonds is 2. The van der Waals surface area contributed by atoms with Gasteiger partial charge in [0.25, 0.3) is 0 Å². The van der Waals surface area contributed by atoms with E-state index in [-0.39, 0.29) is 0 Å². The molecule has 70 valence electrons. The third-order valence-electron chi connectivity index (χ3n) is 3.37. The number of nitrogens with zero attached hydrogens (tertiary/aromatic N) is 1. The summed E-state index contributed by atoms with van der Waals surface area (Å²) in [7, 11) is 4.63. The summed E-state index contributed by atoms with van der Waals surface area (Å²) < 4.78 is 1.11. The van der Waals surface area contributed by atoms with Crippen LogP contribution < -0.4 is 0 Å². The first kappa shape index (κ1) is 9.79. The standard InChI is InChI=1S/C11H22N/c1-6-12(4,5)11-8-9(2)7-10(11)3/h9,11H,3,6-8H2,1-2,4-5H3/q+1. The fraction of sp³-hybridized carbons (Fsp3) is 0.818. The molecule has 0 bridgehead atoms. The second kappa shape index (κ2) is 3.21. The van der Waals surface area contributed by atoms with Crippen LogP contribution in [0.25, 0.3) is 0 Å². The molecule has 0 aromatic rings. The molecule has 1 saturated carbocycles. The lowest BCUT2D eigenvalue weighted by Gasteiger charge is -2.35. The molecule has 0 heterocycles. The predicted molar refractivity (Wildman–Crippen MR) is 54.0 cm³/mol. The van der Waals surface area contributed by atoms with Crippen LogP contribution in [0, 0.1) is 5.92 Å². The van der Waals surface area contributed by atoms with Crippen molar-refractivity contribution in [2.75, 3.05) is 20.6 Å². The molecule has 0 aromatic heterocycles. The summed E-state index contributed by atoms with van der Waals surface area (Å²) in [5, 5.41) is 0. The number of quaternary nitrogens is 1. The zero-order valence-corrected chi connectivity index (χ0v) is 8.93. The fourth-order valence-corrected chi connectivity index (χ4v) is 2.21. The summed E-state index contributed by atoms with van der Waals surface area (Å²) in [6.07, 6.45) is 2.58. The molecule has 2 atom stereocenters. The van der Waals surface area contributed by atoms with Gasteiger partial charge in [-0.3, -0.25) is 0 Å². The molecule has 0 N–H and O–H groups in total. The normalized spacial score (nSPS) is 31.2. The fourth-order valence-electron chi connectivity index (χ4n) is 2.21. The van der Waals surface area contributed by atoms with Gasteiger partial charge in [0, 0.05) is 6.42 Å². The van der Waals surface area contributed by atoms with E-state index in [4.69, 9.17) is 0 Å². The molecular formula is C11H22N+. The Morgan fingerprint density at radius 1 is 1.50 bits per heavy atom. The molecular weight excluding hydrogens is 146 g/mol. The van der Waals surface area contributed by atoms with Crippen molar-refractivity contribution < 1.29 is 4.48 Å². The summed E-state index contributed by atoms with van der Waals surface area (Å²) >= 11 is 0. The van der Waals surface area contributed by atoms with Gasteiger partial charge in [-0.1, -0.05) is 13.5 Å². The molecule has 0 spiro atoms. The molecule has 0 aliphatic heterocycles. The van der Waals surface area contributed by atoms with Gasteiger partial charge in [0.05, 0.1) is 20.6 Å². The van der Waals surface area contributed by atoms with Crippen molar-refractivity contribution in [3.8, 4) is 0 Å². The monoisotopic (exact) mass is 168 g/mol. The van der Waals surface area contributed by atoms with Crippen molar-refractivity contribution in [2.45, 2.75) is 32.7 Å². The summed E-state index contributed by atoms with van der Waals surface area (Å²) in [4.78, 5) is 0. The highest BCUT2D eigenvalue weighted by molar-refractivity contribution is 5.09. The minimum absolute atomic E-state index is 0.713. The Balaban J connectivity index is 2.70. The van der Waals surface area contributed by atoms with Crippen molar-refractivity contribution >= 4 is 0 Å². The van der Waals surface area contributed by atoms with Crippen molar-refractivity contribution in [3.05, 3.63) is 12.2 Å². The van der Waals surface area contributed by atoms with Crippen molar-refractivity contribution in [2.24, 2.45) is 5.92 Å². The van der Waals surface area contributed by atoms with Crippen LogP contribution >= 0.6 is 0 Å². The van der Waals surface area contributed by atoms with Crippen molar-refractivity contribution in [3.63, 3.8) is 0 Å². The second-order valence-electron chi connectivity index (χ2n) is 4.81. The first-order chi connectivity index (χ1) is 5.47. The lowest BCUT2D eigenvalue weighted by molar-refractivity contribution is -0.907. The highest BCUT2D eigenvalue weighted by atomic mass is 15.3. The van der Waals surface area contributed by atoms with E-state index in [0.717, 1.165) is 10.4 Å². The van der Waals surface area contributed by atoms with Crippen LogP contribution in [0.3, 0.4) is 0 Å². The van der Waals surface area contributed by atoms with E-state index in [1.807, 2.05) is 0 Å². The Morgan fingerprint density at radius 3 is 2.42 bits per heavy atom. The molecule has 1 heteroatoms. The summed E-state index contributed by atoms with van der Waals surface area (Å²) in [5.74, 6) is 0.853. The van der Waals surface area contributed by atoms with Crippen LogP contribution in [0.4, 0.5) is 0 Å². The molecule has 0 radical (unpaired) electrons. The maximum Gasteiger partial charge on any atom is 0.110 e. The van der Waals surface area contributed by atoms with Gasteiger partial charge in [0.15, 0.2) is 0 Å². The van der Waals surface area contributed by atoms with Crippen molar-refractivity contribution in [1.82, 2.24) is 0 Å². The Hall–Kier alpha value is -0.300. The lowest BCUT2D eigenvalue weighted by atomic mass is 10.1. The third kappa shape index (κ3) is 1.71. The molecule has 1 rings (SSSR count). The molecule has 1 aliphatic carbocycles. The first-order valence-corrected chi connectivity index (χ1v) is 4.97. The van der Waals surface area contributed by atoms with Gasteiger partial charge in [-0.05, 0) is 24.8 Å². The van der Waals surface area contributed by atoms with E-state index in [2.05, 4.69) is 34.5 Å². The Bertz CT molecular complexity index is 181. The van der Waals surface area contributed by atoms with Crippen LogP contribution in [0.2, 0.25) is 0 Å². The molecule has 0 aromatic carbocycles. The van der Waals surface area contributed by atoms with Gasteiger partial charge in [0.1, 0.15) is 6.04 Å². The minimum atomic E-state index is 0.713. The van der Waals surface area contributed by atoms with Gasteiger partial charge in [-0.2, -0.15) is 0 Å². The summed E-state index contributed by atoms with van der Waals surface area (Å²) in [6, 6.07) is 0.713. The number of likely N-dealkylation sites (N-methyl/N-ethyl adjacent to an activating group) is 1. The van der Waals surface area contributed by atoms with E-state index in [0.29, 0.717) is 6.04 Å². The van der Waals surface area contributed by atoms with Crippen LogP contribution in [0.15, 0.2) is 12.2 Å². The Kier molecular flexibility index (Phi) is 2.62. The molecule has 1 fully saturated rings. The van der Waals surface area contributed by atoms with E-state index >= 15 is 0 Å². The lowest BCUT2D eigenvalue weighted by Crippen LogP contribution is -2.47. The van der Waals surface area contributed by atoms with Gasteiger partial charge in [0.2, 0.25) is 0 Å².